The molecule has 16 heavy (non-hydrogen) atoms. The van der Waals surface area contributed by atoms with Crippen molar-refractivity contribution in [3.05, 3.63) is 29.3 Å². The first-order valence-electron chi connectivity index (χ1n) is 5.22. The fraction of sp³-hybridized carbons (Fsp3) is 0.364. The zero-order valence-corrected chi connectivity index (χ0v) is 9.57. The average Bonchev–Trinajstić information content (AvgIpc) is 2.65. The van der Waals surface area contributed by atoms with Crippen molar-refractivity contribution in [1.82, 2.24) is 4.90 Å². The van der Waals surface area contributed by atoms with Gasteiger partial charge in [-0.2, -0.15) is 0 Å². The van der Waals surface area contributed by atoms with Gasteiger partial charge >= 0.3 is 6.03 Å². The van der Waals surface area contributed by atoms with E-state index in [2.05, 4.69) is 5.32 Å². The molecule has 0 saturated carbocycles. The monoisotopic (exact) mass is 239 g/mol. The zero-order chi connectivity index (χ0) is 11.5. The van der Waals surface area contributed by atoms with Crippen molar-refractivity contribution in [2.45, 2.75) is 12.5 Å². The zero-order valence-electron chi connectivity index (χ0n) is 8.82. The van der Waals surface area contributed by atoms with Gasteiger partial charge in [-0.1, -0.05) is 17.7 Å². The molecule has 0 aliphatic carbocycles. The second-order valence-corrected chi connectivity index (χ2v) is 4.37. The quantitative estimate of drug-likeness (QED) is 0.787. The van der Waals surface area contributed by atoms with Crippen LogP contribution in [0, 0.1) is 0 Å². The molecule has 1 aliphatic rings. The number of urea groups is 1. The van der Waals surface area contributed by atoms with E-state index >= 15 is 0 Å². The molecule has 86 valence electrons. The largest absolute Gasteiger partial charge is 0.326 e. The van der Waals surface area contributed by atoms with E-state index in [0.29, 0.717) is 23.8 Å². The van der Waals surface area contributed by atoms with Gasteiger partial charge in [-0.15, -0.1) is 0 Å². The summed E-state index contributed by atoms with van der Waals surface area (Å²) in [6.07, 6.45) is 0.864. The number of rotatable bonds is 1. The van der Waals surface area contributed by atoms with Crippen molar-refractivity contribution in [3.8, 4) is 0 Å². The SMILES string of the molecule is NC1CCN(C(=O)Nc2cccc(Cl)c2)C1. The van der Waals surface area contributed by atoms with Crippen LogP contribution >= 0.6 is 11.6 Å². The molecule has 1 heterocycles. The summed E-state index contributed by atoms with van der Waals surface area (Å²) >= 11 is 5.83. The van der Waals surface area contributed by atoms with Crippen molar-refractivity contribution < 1.29 is 4.79 Å². The van der Waals surface area contributed by atoms with Crippen LogP contribution in [0.3, 0.4) is 0 Å². The lowest BCUT2D eigenvalue weighted by molar-refractivity contribution is 0.222. The highest BCUT2D eigenvalue weighted by atomic mass is 35.5. The number of hydrogen-bond donors (Lipinski definition) is 2. The smallest absolute Gasteiger partial charge is 0.321 e. The predicted molar refractivity (Wildman–Crippen MR) is 64.6 cm³/mol. The van der Waals surface area contributed by atoms with Gasteiger partial charge in [0.25, 0.3) is 0 Å². The number of nitrogens with zero attached hydrogens (tertiary/aromatic N) is 1. The van der Waals surface area contributed by atoms with Gasteiger partial charge in [-0.3, -0.25) is 0 Å². The Morgan fingerprint density at radius 2 is 2.38 bits per heavy atom. The van der Waals surface area contributed by atoms with Crippen molar-refractivity contribution in [2.24, 2.45) is 5.73 Å². The molecule has 1 aromatic rings. The lowest BCUT2D eigenvalue weighted by atomic mass is 10.3. The summed E-state index contributed by atoms with van der Waals surface area (Å²) in [4.78, 5) is 13.5. The number of amides is 2. The maximum atomic E-state index is 11.8. The van der Waals surface area contributed by atoms with E-state index in [1.165, 1.54) is 0 Å². The van der Waals surface area contributed by atoms with Crippen LogP contribution in [-0.4, -0.2) is 30.1 Å². The number of likely N-dealkylation sites (tertiary alicyclic amines) is 1. The normalized spacial score (nSPS) is 19.9. The number of carbonyl (C=O) groups is 1. The number of carbonyl (C=O) groups excluding carboxylic acids is 1. The summed E-state index contributed by atoms with van der Waals surface area (Å²) < 4.78 is 0. The first kappa shape index (κ1) is 11.2. The Bertz CT molecular complexity index is 397. The van der Waals surface area contributed by atoms with Crippen LogP contribution in [0.5, 0.6) is 0 Å². The summed E-state index contributed by atoms with van der Waals surface area (Å²) in [5, 5.41) is 3.40. The molecule has 5 heteroatoms. The minimum Gasteiger partial charge on any atom is -0.326 e. The highest BCUT2D eigenvalue weighted by Crippen LogP contribution is 2.16. The lowest BCUT2D eigenvalue weighted by Crippen LogP contribution is -2.35. The van der Waals surface area contributed by atoms with Crippen LogP contribution in [0.2, 0.25) is 5.02 Å². The molecule has 2 amide bonds. The molecule has 1 unspecified atom stereocenters. The molecule has 3 N–H and O–H groups in total. The van der Waals surface area contributed by atoms with Gasteiger partial charge in [0, 0.05) is 29.8 Å². The van der Waals surface area contributed by atoms with Crippen molar-refractivity contribution in [2.75, 3.05) is 18.4 Å². The summed E-state index contributed by atoms with van der Waals surface area (Å²) in [7, 11) is 0. The van der Waals surface area contributed by atoms with Gasteiger partial charge in [0.1, 0.15) is 0 Å². The van der Waals surface area contributed by atoms with Crippen LogP contribution < -0.4 is 11.1 Å². The molecule has 1 fully saturated rings. The lowest BCUT2D eigenvalue weighted by Gasteiger charge is -2.16. The Morgan fingerprint density at radius 1 is 1.56 bits per heavy atom. The standard InChI is InChI=1S/C11H14ClN3O/c12-8-2-1-3-10(6-8)14-11(16)15-5-4-9(13)7-15/h1-3,6,9H,4-5,7,13H2,(H,14,16). The molecule has 0 radical (unpaired) electrons. The molecular weight excluding hydrogens is 226 g/mol. The van der Waals surface area contributed by atoms with E-state index in [4.69, 9.17) is 17.3 Å². The third-order valence-electron chi connectivity index (χ3n) is 2.59. The van der Waals surface area contributed by atoms with E-state index in [9.17, 15) is 4.79 Å². The van der Waals surface area contributed by atoms with E-state index in [-0.39, 0.29) is 12.1 Å². The average molecular weight is 240 g/mol. The predicted octanol–water partition coefficient (Wildman–Crippen LogP) is 1.90. The number of anilines is 1. The van der Waals surface area contributed by atoms with Gasteiger partial charge in [0.05, 0.1) is 0 Å². The third kappa shape index (κ3) is 2.65. The molecule has 1 aliphatic heterocycles. The van der Waals surface area contributed by atoms with Crippen molar-refractivity contribution >= 4 is 23.3 Å². The maximum Gasteiger partial charge on any atom is 0.321 e. The molecule has 0 spiro atoms. The Balaban J connectivity index is 1.97. The number of nitrogens with two attached hydrogens (primary N) is 1. The molecule has 4 nitrogen and oxygen atoms in total. The molecule has 0 bridgehead atoms. The molecule has 1 aromatic carbocycles. The molecular formula is C11H14ClN3O. The van der Waals surface area contributed by atoms with Crippen LogP contribution in [0.1, 0.15) is 6.42 Å². The van der Waals surface area contributed by atoms with Crippen LogP contribution in [0.4, 0.5) is 10.5 Å². The Hall–Kier alpha value is -1.26. The van der Waals surface area contributed by atoms with E-state index in [0.717, 1.165) is 6.42 Å². The van der Waals surface area contributed by atoms with E-state index in [1.54, 1.807) is 29.2 Å². The minimum absolute atomic E-state index is 0.102. The van der Waals surface area contributed by atoms with Crippen LogP contribution in [0.25, 0.3) is 0 Å². The third-order valence-corrected chi connectivity index (χ3v) is 2.82. The van der Waals surface area contributed by atoms with E-state index < -0.39 is 0 Å². The number of benzene rings is 1. The first-order valence-corrected chi connectivity index (χ1v) is 5.60. The highest BCUT2D eigenvalue weighted by Gasteiger charge is 2.23. The second-order valence-electron chi connectivity index (χ2n) is 3.94. The molecule has 2 rings (SSSR count). The Morgan fingerprint density at radius 3 is 3.00 bits per heavy atom. The number of hydrogen-bond acceptors (Lipinski definition) is 2. The minimum atomic E-state index is -0.116. The van der Waals surface area contributed by atoms with Gasteiger partial charge in [0.2, 0.25) is 0 Å². The summed E-state index contributed by atoms with van der Waals surface area (Å²) in [5.74, 6) is 0. The Kier molecular flexibility index (Phi) is 3.31. The van der Waals surface area contributed by atoms with E-state index in [1.807, 2.05) is 0 Å². The van der Waals surface area contributed by atoms with Crippen molar-refractivity contribution in [1.29, 1.82) is 0 Å². The van der Waals surface area contributed by atoms with Crippen LogP contribution in [0.15, 0.2) is 24.3 Å². The number of halogens is 1. The fourth-order valence-corrected chi connectivity index (χ4v) is 1.93. The molecule has 1 atom stereocenters. The van der Waals surface area contributed by atoms with Gasteiger partial charge in [-0.05, 0) is 24.6 Å². The Labute approximate surface area is 99.4 Å². The number of nitrogens with one attached hydrogen (secondary N) is 1. The van der Waals surface area contributed by atoms with Gasteiger partial charge < -0.3 is 16.0 Å². The van der Waals surface area contributed by atoms with Gasteiger partial charge in [0.15, 0.2) is 0 Å². The van der Waals surface area contributed by atoms with Crippen LogP contribution in [-0.2, 0) is 0 Å². The molecule has 1 saturated heterocycles. The maximum absolute atomic E-state index is 11.8. The topological polar surface area (TPSA) is 58.4 Å². The summed E-state index contributed by atoms with van der Waals surface area (Å²) in [6.45, 7) is 1.33. The molecule has 0 aromatic heterocycles. The van der Waals surface area contributed by atoms with Gasteiger partial charge in [-0.25, -0.2) is 4.79 Å². The summed E-state index contributed by atoms with van der Waals surface area (Å²) in [5.41, 5.74) is 6.44. The first-order chi connectivity index (χ1) is 7.65. The second kappa shape index (κ2) is 4.72. The highest BCUT2D eigenvalue weighted by molar-refractivity contribution is 6.30. The fourth-order valence-electron chi connectivity index (χ4n) is 1.74. The summed E-state index contributed by atoms with van der Waals surface area (Å²) in [6, 6.07) is 7.08. The van der Waals surface area contributed by atoms with Crippen molar-refractivity contribution in [3.63, 3.8) is 0 Å².